The van der Waals surface area contributed by atoms with Crippen molar-refractivity contribution in [3.8, 4) is 5.75 Å². The van der Waals surface area contributed by atoms with E-state index in [9.17, 15) is 14.0 Å². The van der Waals surface area contributed by atoms with E-state index in [0.717, 1.165) is 28.3 Å². The molecule has 0 N–H and O–H groups in total. The molecule has 0 atom stereocenters. The molecular formula is C18H13ClFNO3S. The lowest BCUT2D eigenvalue weighted by Crippen LogP contribution is -2.27. The van der Waals surface area contributed by atoms with Gasteiger partial charge in [0.05, 0.1) is 18.6 Å². The molecule has 128 valence electrons. The van der Waals surface area contributed by atoms with E-state index in [2.05, 4.69) is 0 Å². The minimum Gasteiger partial charge on any atom is -0.497 e. The van der Waals surface area contributed by atoms with Crippen molar-refractivity contribution in [1.29, 1.82) is 0 Å². The van der Waals surface area contributed by atoms with Gasteiger partial charge in [-0.25, -0.2) is 4.39 Å². The zero-order valence-electron chi connectivity index (χ0n) is 13.2. The Labute approximate surface area is 153 Å². The first-order chi connectivity index (χ1) is 12.0. The van der Waals surface area contributed by atoms with Crippen LogP contribution in [0.5, 0.6) is 5.75 Å². The van der Waals surface area contributed by atoms with Crippen LogP contribution in [-0.2, 0) is 11.3 Å². The zero-order valence-corrected chi connectivity index (χ0v) is 14.7. The van der Waals surface area contributed by atoms with Gasteiger partial charge in [0.2, 0.25) is 0 Å². The highest BCUT2D eigenvalue weighted by Crippen LogP contribution is 2.34. The average Bonchev–Trinajstić information content (AvgIpc) is 2.84. The van der Waals surface area contributed by atoms with Crippen molar-refractivity contribution in [3.05, 3.63) is 69.3 Å². The molecule has 0 aromatic heterocycles. The minimum absolute atomic E-state index is 0.000763. The smallest absolute Gasteiger partial charge is 0.293 e. The van der Waals surface area contributed by atoms with Gasteiger partial charge in [-0.05, 0) is 53.2 Å². The number of amides is 2. The number of carbonyl (C=O) groups is 2. The SMILES string of the molecule is COc1cccc(/C=C2\SC(=O)N(Cc3ccc(F)cc3Cl)C2=O)c1. The number of rotatable bonds is 4. The quantitative estimate of drug-likeness (QED) is 0.723. The molecule has 2 aromatic rings. The lowest BCUT2D eigenvalue weighted by molar-refractivity contribution is -0.123. The number of thioether (sulfide) groups is 1. The van der Waals surface area contributed by atoms with Gasteiger partial charge in [-0.2, -0.15) is 0 Å². The average molecular weight is 378 g/mol. The first-order valence-corrected chi connectivity index (χ1v) is 8.51. The normalized spacial score (nSPS) is 16.0. The number of halogens is 2. The number of ether oxygens (including phenoxy) is 1. The van der Waals surface area contributed by atoms with Crippen LogP contribution < -0.4 is 4.74 Å². The number of imide groups is 1. The van der Waals surface area contributed by atoms with Crippen LogP contribution in [0.15, 0.2) is 47.4 Å². The monoisotopic (exact) mass is 377 g/mol. The topological polar surface area (TPSA) is 46.6 Å². The number of nitrogens with zero attached hydrogens (tertiary/aromatic N) is 1. The van der Waals surface area contributed by atoms with Crippen molar-refractivity contribution >= 4 is 40.6 Å². The Morgan fingerprint density at radius 2 is 2.04 bits per heavy atom. The van der Waals surface area contributed by atoms with Crippen LogP contribution in [0, 0.1) is 5.82 Å². The maximum atomic E-state index is 13.1. The van der Waals surface area contributed by atoms with E-state index in [4.69, 9.17) is 16.3 Å². The second-order valence-electron chi connectivity index (χ2n) is 5.28. The van der Waals surface area contributed by atoms with Crippen LogP contribution in [0.1, 0.15) is 11.1 Å². The van der Waals surface area contributed by atoms with Gasteiger partial charge in [-0.1, -0.05) is 29.8 Å². The molecule has 0 saturated carbocycles. The van der Waals surface area contributed by atoms with Gasteiger partial charge in [-0.3, -0.25) is 14.5 Å². The summed E-state index contributed by atoms with van der Waals surface area (Å²) in [7, 11) is 1.55. The maximum Gasteiger partial charge on any atom is 0.293 e. The standard InChI is InChI=1S/C18H13ClFNO3S/c1-24-14-4-2-3-11(7-14)8-16-17(22)21(18(23)25-16)10-12-5-6-13(20)9-15(12)19/h2-9H,10H2,1H3/b16-8-. The fourth-order valence-electron chi connectivity index (χ4n) is 2.34. The summed E-state index contributed by atoms with van der Waals surface area (Å²) < 4.78 is 18.3. The van der Waals surface area contributed by atoms with Gasteiger partial charge in [-0.15, -0.1) is 0 Å². The van der Waals surface area contributed by atoms with Crippen molar-refractivity contribution in [3.63, 3.8) is 0 Å². The number of hydrogen-bond donors (Lipinski definition) is 0. The molecule has 0 aliphatic carbocycles. The third-order valence-corrected chi connectivity index (χ3v) is 4.87. The molecule has 25 heavy (non-hydrogen) atoms. The molecule has 0 bridgehead atoms. The lowest BCUT2D eigenvalue weighted by atomic mass is 10.2. The first kappa shape index (κ1) is 17.5. The number of benzene rings is 2. The minimum atomic E-state index is -0.471. The molecule has 0 spiro atoms. The second kappa shape index (κ2) is 7.29. The van der Waals surface area contributed by atoms with E-state index in [0.29, 0.717) is 16.2 Å². The van der Waals surface area contributed by atoms with E-state index in [1.807, 2.05) is 6.07 Å². The van der Waals surface area contributed by atoms with Gasteiger partial charge in [0.25, 0.3) is 11.1 Å². The molecule has 7 heteroatoms. The summed E-state index contributed by atoms with van der Waals surface area (Å²) in [6, 6.07) is 11.0. The highest BCUT2D eigenvalue weighted by Gasteiger charge is 2.35. The summed E-state index contributed by atoms with van der Waals surface area (Å²) in [5.41, 5.74) is 1.26. The molecule has 2 aromatic carbocycles. The van der Waals surface area contributed by atoms with Gasteiger partial charge in [0.15, 0.2) is 0 Å². The van der Waals surface area contributed by atoms with Crippen LogP contribution in [0.3, 0.4) is 0 Å². The molecule has 1 heterocycles. The highest BCUT2D eigenvalue weighted by molar-refractivity contribution is 8.18. The van der Waals surface area contributed by atoms with Crippen LogP contribution >= 0.6 is 23.4 Å². The molecule has 1 saturated heterocycles. The van der Waals surface area contributed by atoms with Gasteiger partial charge < -0.3 is 4.74 Å². The lowest BCUT2D eigenvalue weighted by Gasteiger charge is -2.13. The predicted octanol–water partition coefficient (Wildman–Crippen LogP) is 4.72. The molecular weight excluding hydrogens is 365 g/mol. The van der Waals surface area contributed by atoms with E-state index >= 15 is 0 Å². The summed E-state index contributed by atoms with van der Waals surface area (Å²) in [4.78, 5) is 26.1. The highest BCUT2D eigenvalue weighted by atomic mass is 35.5. The molecule has 4 nitrogen and oxygen atoms in total. The Morgan fingerprint density at radius 3 is 2.76 bits per heavy atom. The molecule has 2 amide bonds. The number of hydrogen-bond acceptors (Lipinski definition) is 4. The molecule has 0 unspecified atom stereocenters. The Morgan fingerprint density at radius 1 is 1.24 bits per heavy atom. The van der Waals surface area contributed by atoms with Crippen molar-refractivity contribution in [1.82, 2.24) is 4.90 Å². The van der Waals surface area contributed by atoms with E-state index in [1.54, 1.807) is 31.4 Å². The fraction of sp³-hybridized carbons (Fsp3) is 0.111. The van der Waals surface area contributed by atoms with E-state index < -0.39 is 11.7 Å². The largest absolute Gasteiger partial charge is 0.497 e. The Balaban J connectivity index is 1.83. The number of carbonyl (C=O) groups excluding carboxylic acids is 2. The molecule has 3 rings (SSSR count). The molecule has 1 fully saturated rings. The Bertz CT molecular complexity index is 884. The second-order valence-corrected chi connectivity index (χ2v) is 6.68. The molecule has 1 aliphatic heterocycles. The summed E-state index contributed by atoms with van der Waals surface area (Å²) in [5.74, 6) is -0.218. The summed E-state index contributed by atoms with van der Waals surface area (Å²) >= 11 is 6.84. The third-order valence-electron chi connectivity index (χ3n) is 3.61. The maximum absolute atomic E-state index is 13.1. The molecule has 0 radical (unpaired) electrons. The Kier molecular flexibility index (Phi) is 5.11. The van der Waals surface area contributed by atoms with E-state index in [-0.39, 0.29) is 16.8 Å². The first-order valence-electron chi connectivity index (χ1n) is 7.31. The van der Waals surface area contributed by atoms with Crippen molar-refractivity contribution < 1.29 is 18.7 Å². The Hall–Kier alpha value is -2.31. The van der Waals surface area contributed by atoms with Crippen molar-refractivity contribution in [2.45, 2.75) is 6.54 Å². The summed E-state index contributed by atoms with van der Waals surface area (Å²) in [6.45, 7) is -0.000763. The van der Waals surface area contributed by atoms with Crippen molar-refractivity contribution in [2.75, 3.05) is 7.11 Å². The predicted molar refractivity (Wildman–Crippen MR) is 95.9 cm³/mol. The van der Waals surface area contributed by atoms with E-state index in [1.165, 1.54) is 12.1 Å². The van der Waals surface area contributed by atoms with Crippen molar-refractivity contribution in [2.24, 2.45) is 0 Å². The summed E-state index contributed by atoms with van der Waals surface area (Å²) in [5, 5.41) is -0.213. The third kappa shape index (κ3) is 3.86. The molecule has 1 aliphatic rings. The van der Waals surface area contributed by atoms with Gasteiger partial charge in [0.1, 0.15) is 11.6 Å². The van der Waals surface area contributed by atoms with Gasteiger partial charge >= 0.3 is 0 Å². The van der Waals surface area contributed by atoms with Gasteiger partial charge in [0, 0.05) is 5.02 Å². The fourth-order valence-corrected chi connectivity index (χ4v) is 3.40. The number of methoxy groups -OCH3 is 1. The van der Waals surface area contributed by atoms with Crippen LogP contribution in [0.2, 0.25) is 5.02 Å². The zero-order chi connectivity index (χ0) is 18.0. The van der Waals surface area contributed by atoms with Crippen LogP contribution in [0.25, 0.3) is 6.08 Å². The summed E-state index contributed by atoms with van der Waals surface area (Å²) in [6.07, 6.45) is 1.64. The van der Waals surface area contributed by atoms with Crippen LogP contribution in [-0.4, -0.2) is 23.2 Å². The van der Waals surface area contributed by atoms with Crippen LogP contribution in [0.4, 0.5) is 9.18 Å².